The van der Waals surface area contributed by atoms with Crippen LogP contribution in [0.15, 0.2) is 47.6 Å². The van der Waals surface area contributed by atoms with E-state index in [-0.39, 0.29) is 29.9 Å². The van der Waals surface area contributed by atoms with Crippen LogP contribution in [0.3, 0.4) is 0 Å². The van der Waals surface area contributed by atoms with Gasteiger partial charge < -0.3 is 15.4 Å². The molecule has 0 unspecified atom stereocenters. The average molecular weight is 517 g/mol. The van der Waals surface area contributed by atoms with Crippen LogP contribution in [-0.4, -0.2) is 36.6 Å². The minimum Gasteiger partial charge on any atom is -0.462 e. The molecule has 0 aliphatic carbocycles. The molecule has 1 heterocycles. The van der Waals surface area contributed by atoms with Crippen LogP contribution in [0.5, 0.6) is 0 Å². The molecule has 1 aromatic carbocycles. The highest BCUT2D eigenvalue weighted by Crippen LogP contribution is 2.08. The number of guanidine groups is 1. The molecule has 6 nitrogen and oxygen atoms in total. The van der Waals surface area contributed by atoms with Crippen molar-refractivity contribution < 1.29 is 9.53 Å². The van der Waals surface area contributed by atoms with Gasteiger partial charge in [0, 0.05) is 19.3 Å². The van der Waals surface area contributed by atoms with Gasteiger partial charge in [0.25, 0.3) is 0 Å². The number of benzene rings is 1. The summed E-state index contributed by atoms with van der Waals surface area (Å²) in [6.45, 7) is 6.21. The maximum absolute atomic E-state index is 11.7. The predicted octanol–water partition coefficient (Wildman–Crippen LogP) is 3.83. The maximum Gasteiger partial charge on any atom is 0.338 e. The van der Waals surface area contributed by atoms with Crippen molar-refractivity contribution >= 4 is 47.5 Å². The number of rotatable bonds is 8. The van der Waals surface area contributed by atoms with E-state index in [1.807, 2.05) is 25.1 Å². The smallest absolute Gasteiger partial charge is 0.338 e. The van der Waals surface area contributed by atoms with Crippen molar-refractivity contribution in [3.63, 3.8) is 0 Å². The lowest BCUT2D eigenvalue weighted by Crippen LogP contribution is -2.38. The van der Waals surface area contributed by atoms with Crippen molar-refractivity contribution in [1.29, 1.82) is 0 Å². The Kier molecular flexibility index (Phi) is 11.5. The molecule has 0 saturated heterocycles. The third kappa shape index (κ3) is 8.43. The lowest BCUT2D eigenvalue weighted by atomic mass is 10.1. The Hall–Kier alpha value is -1.87. The Morgan fingerprint density at radius 3 is 2.43 bits per heavy atom. The van der Waals surface area contributed by atoms with Crippen molar-refractivity contribution in [1.82, 2.24) is 15.6 Å². The molecule has 0 radical (unpaired) electrons. The number of pyridine rings is 1. The number of hydrogen-bond donors (Lipinski definition) is 2. The lowest BCUT2D eigenvalue weighted by molar-refractivity contribution is 0.0526. The zero-order chi connectivity index (χ0) is 19.5. The van der Waals surface area contributed by atoms with E-state index >= 15 is 0 Å². The third-order valence-electron chi connectivity index (χ3n) is 3.72. The van der Waals surface area contributed by atoms with Gasteiger partial charge in [0.1, 0.15) is 5.15 Å². The van der Waals surface area contributed by atoms with Crippen molar-refractivity contribution in [2.24, 2.45) is 4.99 Å². The molecule has 8 heteroatoms. The monoisotopic (exact) mass is 516 g/mol. The summed E-state index contributed by atoms with van der Waals surface area (Å²) in [5.41, 5.74) is 2.67. The standard InChI is InChI=1S/C20H25ClN4O2.HI/c1-3-22-20(23-12-11-16-7-10-18(21)24-13-16)25-14-15-5-8-17(9-6-15)19(26)27-4-2;/h5-10,13H,3-4,11-12,14H2,1-2H3,(H2,22,23,25);1H. The Labute approximate surface area is 188 Å². The molecule has 1 aromatic heterocycles. The number of nitrogens with one attached hydrogen (secondary N) is 2. The number of nitrogens with zero attached hydrogens (tertiary/aromatic N) is 2. The van der Waals surface area contributed by atoms with Crippen molar-refractivity contribution in [3.8, 4) is 0 Å². The minimum atomic E-state index is -0.306. The number of esters is 1. The molecule has 0 amide bonds. The second-order valence-corrected chi connectivity index (χ2v) is 6.17. The fraction of sp³-hybridized carbons (Fsp3) is 0.350. The Balaban J connectivity index is 0.00000392. The molecule has 0 aliphatic rings. The molecule has 2 aromatic rings. The minimum absolute atomic E-state index is 0. The van der Waals surface area contributed by atoms with Crippen LogP contribution in [0.4, 0.5) is 0 Å². The van der Waals surface area contributed by atoms with E-state index in [4.69, 9.17) is 16.3 Å². The summed E-state index contributed by atoms with van der Waals surface area (Å²) in [6, 6.07) is 11.0. The van der Waals surface area contributed by atoms with Crippen LogP contribution in [0.2, 0.25) is 5.15 Å². The summed E-state index contributed by atoms with van der Waals surface area (Å²) >= 11 is 5.80. The fourth-order valence-electron chi connectivity index (χ4n) is 2.35. The van der Waals surface area contributed by atoms with Gasteiger partial charge in [-0.3, -0.25) is 0 Å². The first-order chi connectivity index (χ1) is 13.1. The zero-order valence-corrected chi connectivity index (χ0v) is 19.2. The molecular weight excluding hydrogens is 491 g/mol. The SMILES string of the molecule is CCNC(=NCc1ccc(C(=O)OCC)cc1)NCCc1ccc(Cl)nc1.I. The number of carbonyl (C=O) groups is 1. The quantitative estimate of drug-likeness (QED) is 0.183. The first-order valence-electron chi connectivity index (χ1n) is 9.01. The molecule has 0 aliphatic heterocycles. The number of carbonyl (C=O) groups excluding carboxylic acids is 1. The normalized spacial score (nSPS) is 10.8. The molecule has 2 rings (SSSR count). The molecular formula is C20H26ClIN4O2. The van der Waals surface area contributed by atoms with E-state index in [9.17, 15) is 4.79 Å². The van der Waals surface area contributed by atoms with E-state index in [2.05, 4.69) is 20.6 Å². The third-order valence-corrected chi connectivity index (χ3v) is 3.95. The number of hydrogen-bond acceptors (Lipinski definition) is 4. The number of halogens is 2. The highest BCUT2D eigenvalue weighted by molar-refractivity contribution is 14.0. The van der Waals surface area contributed by atoms with Crippen LogP contribution in [0.1, 0.15) is 35.3 Å². The molecule has 0 atom stereocenters. The molecule has 0 saturated carbocycles. The predicted molar refractivity (Wildman–Crippen MR) is 124 cm³/mol. The summed E-state index contributed by atoms with van der Waals surface area (Å²) < 4.78 is 4.99. The summed E-state index contributed by atoms with van der Waals surface area (Å²) in [7, 11) is 0. The van der Waals surface area contributed by atoms with Gasteiger partial charge in [-0.15, -0.1) is 24.0 Å². The number of aliphatic imine (C=N–C) groups is 1. The van der Waals surface area contributed by atoms with Gasteiger partial charge in [0.15, 0.2) is 5.96 Å². The highest BCUT2D eigenvalue weighted by Gasteiger charge is 2.05. The van der Waals surface area contributed by atoms with Gasteiger partial charge in [-0.25, -0.2) is 14.8 Å². The Morgan fingerprint density at radius 1 is 1.11 bits per heavy atom. The van der Waals surface area contributed by atoms with Gasteiger partial charge in [0.05, 0.1) is 18.7 Å². The summed E-state index contributed by atoms with van der Waals surface area (Å²) in [5, 5.41) is 7.02. The van der Waals surface area contributed by atoms with E-state index in [1.54, 1.807) is 31.3 Å². The second kappa shape index (κ2) is 13.3. The lowest BCUT2D eigenvalue weighted by Gasteiger charge is -2.11. The average Bonchev–Trinajstić information content (AvgIpc) is 2.68. The van der Waals surface area contributed by atoms with Crippen LogP contribution < -0.4 is 10.6 Å². The molecule has 0 bridgehead atoms. The maximum atomic E-state index is 11.7. The van der Waals surface area contributed by atoms with Crippen LogP contribution in [0.25, 0.3) is 0 Å². The Bertz CT molecular complexity index is 752. The molecule has 0 spiro atoms. The summed E-state index contributed by atoms with van der Waals surface area (Å²) in [6.07, 6.45) is 2.60. The van der Waals surface area contributed by atoms with Crippen LogP contribution in [0, 0.1) is 0 Å². The van der Waals surface area contributed by atoms with E-state index in [1.165, 1.54) is 0 Å². The first-order valence-corrected chi connectivity index (χ1v) is 9.38. The Morgan fingerprint density at radius 2 is 1.82 bits per heavy atom. The number of aromatic nitrogens is 1. The summed E-state index contributed by atoms with van der Waals surface area (Å²) in [5.74, 6) is 0.438. The topological polar surface area (TPSA) is 75.6 Å². The van der Waals surface area contributed by atoms with Crippen molar-refractivity contribution in [2.75, 3.05) is 19.7 Å². The largest absolute Gasteiger partial charge is 0.462 e. The summed E-state index contributed by atoms with van der Waals surface area (Å²) in [4.78, 5) is 20.3. The second-order valence-electron chi connectivity index (χ2n) is 5.78. The van der Waals surface area contributed by atoms with E-state index in [0.717, 1.165) is 36.6 Å². The number of ether oxygens (including phenoxy) is 1. The van der Waals surface area contributed by atoms with Gasteiger partial charge in [0.2, 0.25) is 0 Å². The molecule has 0 fully saturated rings. The fourth-order valence-corrected chi connectivity index (χ4v) is 2.46. The zero-order valence-electron chi connectivity index (χ0n) is 16.1. The van der Waals surface area contributed by atoms with Gasteiger partial charge in [-0.1, -0.05) is 29.8 Å². The van der Waals surface area contributed by atoms with Gasteiger partial charge >= 0.3 is 5.97 Å². The van der Waals surface area contributed by atoms with E-state index in [0.29, 0.717) is 23.9 Å². The van der Waals surface area contributed by atoms with E-state index < -0.39 is 0 Å². The highest BCUT2D eigenvalue weighted by atomic mass is 127. The van der Waals surface area contributed by atoms with Gasteiger partial charge in [-0.2, -0.15) is 0 Å². The molecule has 2 N–H and O–H groups in total. The van der Waals surface area contributed by atoms with Crippen molar-refractivity contribution in [2.45, 2.75) is 26.8 Å². The van der Waals surface area contributed by atoms with Gasteiger partial charge in [-0.05, 0) is 49.6 Å². The molecule has 28 heavy (non-hydrogen) atoms. The van der Waals surface area contributed by atoms with Crippen molar-refractivity contribution in [3.05, 3.63) is 64.4 Å². The van der Waals surface area contributed by atoms with Crippen LogP contribution in [-0.2, 0) is 17.7 Å². The van der Waals surface area contributed by atoms with Crippen LogP contribution >= 0.6 is 35.6 Å². The first kappa shape index (κ1) is 24.2. The molecule has 152 valence electrons.